The van der Waals surface area contributed by atoms with Gasteiger partial charge < -0.3 is 15.2 Å². The predicted molar refractivity (Wildman–Crippen MR) is 81.8 cm³/mol. The molecule has 0 atom stereocenters. The molecule has 0 aromatic heterocycles. The summed E-state index contributed by atoms with van der Waals surface area (Å²) in [5.74, 6) is -0.0242. The van der Waals surface area contributed by atoms with Gasteiger partial charge in [-0.05, 0) is 30.3 Å². The second kappa shape index (κ2) is 6.15. The smallest absolute Gasteiger partial charge is 0.255 e. The van der Waals surface area contributed by atoms with E-state index in [1.807, 2.05) is 0 Å². The summed E-state index contributed by atoms with van der Waals surface area (Å²) in [4.78, 5) is 12.1. The van der Waals surface area contributed by atoms with Crippen molar-refractivity contribution in [3.63, 3.8) is 0 Å². The summed E-state index contributed by atoms with van der Waals surface area (Å²) in [6.45, 7) is 0. The number of hydrogen-bond donors (Lipinski definition) is 2. The highest BCUT2D eigenvalue weighted by molar-refractivity contribution is 9.10. The van der Waals surface area contributed by atoms with Gasteiger partial charge in [0.25, 0.3) is 5.91 Å². The molecule has 0 radical (unpaired) electrons. The average molecular weight is 357 g/mol. The van der Waals surface area contributed by atoms with E-state index in [-0.39, 0.29) is 11.7 Å². The molecule has 4 nitrogen and oxygen atoms in total. The number of methoxy groups -OCH3 is 1. The Morgan fingerprint density at radius 2 is 2.05 bits per heavy atom. The average Bonchev–Trinajstić information content (AvgIpc) is 2.37. The predicted octanol–water partition coefficient (Wildman–Crippen LogP) is 4.07. The van der Waals surface area contributed by atoms with Gasteiger partial charge in [0.1, 0.15) is 0 Å². The van der Waals surface area contributed by atoms with Crippen LogP contribution in [-0.2, 0) is 0 Å². The lowest BCUT2D eigenvalue weighted by molar-refractivity contribution is 0.102. The highest BCUT2D eigenvalue weighted by Crippen LogP contribution is 2.29. The van der Waals surface area contributed by atoms with Crippen LogP contribution < -0.4 is 10.1 Å². The number of phenols is 1. The zero-order valence-corrected chi connectivity index (χ0v) is 12.8. The molecule has 1 amide bonds. The highest BCUT2D eigenvalue weighted by Gasteiger charge is 2.10. The molecule has 0 spiro atoms. The minimum absolute atomic E-state index is 0.0439. The number of ether oxygens (including phenoxy) is 1. The third-order valence-electron chi connectivity index (χ3n) is 2.56. The Bertz CT molecular complexity index is 641. The summed E-state index contributed by atoms with van der Waals surface area (Å²) in [5, 5.41) is 12.8. The molecule has 0 saturated heterocycles. The van der Waals surface area contributed by atoms with Crippen molar-refractivity contribution in [2.75, 3.05) is 12.4 Å². The number of aromatic hydroxyl groups is 1. The summed E-state index contributed by atoms with van der Waals surface area (Å²) < 4.78 is 5.65. The van der Waals surface area contributed by atoms with Gasteiger partial charge in [0.15, 0.2) is 11.5 Å². The van der Waals surface area contributed by atoms with Crippen LogP contribution in [-0.4, -0.2) is 18.1 Å². The van der Waals surface area contributed by atoms with E-state index in [1.165, 1.54) is 13.2 Å². The molecule has 0 bridgehead atoms. The third kappa shape index (κ3) is 3.43. The maximum atomic E-state index is 12.1. The molecule has 0 aliphatic heterocycles. The molecule has 0 unspecified atom stereocenters. The van der Waals surface area contributed by atoms with E-state index in [2.05, 4.69) is 21.2 Å². The maximum absolute atomic E-state index is 12.1. The normalized spacial score (nSPS) is 10.2. The highest BCUT2D eigenvalue weighted by atomic mass is 79.9. The fraction of sp³-hybridized carbons (Fsp3) is 0.0714. The number of carbonyl (C=O) groups excluding carboxylic acids is 1. The van der Waals surface area contributed by atoms with Crippen LogP contribution in [0.2, 0.25) is 5.02 Å². The third-order valence-corrected chi connectivity index (χ3v) is 3.24. The summed E-state index contributed by atoms with van der Waals surface area (Å²) in [6.07, 6.45) is 0. The Morgan fingerprint density at radius 3 is 2.65 bits per heavy atom. The molecule has 2 N–H and O–H groups in total. The van der Waals surface area contributed by atoms with Crippen LogP contribution in [0.1, 0.15) is 10.4 Å². The van der Waals surface area contributed by atoms with Gasteiger partial charge in [-0.25, -0.2) is 0 Å². The lowest BCUT2D eigenvalue weighted by Gasteiger charge is -2.08. The van der Waals surface area contributed by atoms with Crippen molar-refractivity contribution in [2.24, 2.45) is 0 Å². The Kier molecular flexibility index (Phi) is 4.52. The number of hydrogen-bond acceptors (Lipinski definition) is 3. The molecule has 2 aromatic carbocycles. The molecular formula is C14H11BrClNO3. The van der Waals surface area contributed by atoms with E-state index in [9.17, 15) is 9.90 Å². The number of amides is 1. The first-order chi connectivity index (χ1) is 9.49. The van der Waals surface area contributed by atoms with E-state index in [0.717, 1.165) is 0 Å². The van der Waals surface area contributed by atoms with Gasteiger partial charge >= 0.3 is 0 Å². The molecule has 0 saturated carbocycles. The molecule has 0 aliphatic rings. The number of anilines is 1. The first-order valence-corrected chi connectivity index (χ1v) is 6.81. The summed E-state index contributed by atoms with van der Waals surface area (Å²) in [6, 6.07) is 9.53. The first kappa shape index (κ1) is 14.7. The van der Waals surface area contributed by atoms with E-state index in [0.29, 0.717) is 26.5 Å². The number of nitrogens with one attached hydrogen (secondary N) is 1. The van der Waals surface area contributed by atoms with Gasteiger partial charge in [-0.3, -0.25) is 4.79 Å². The van der Waals surface area contributed by atoms with Gasteiger partial charge in [0.05, 0.1) is 7.11 Å². The molecule has 2 rings (SSSR count). The molecule has 20 heavy (non-hydrogen) atoms. The van der Waals surface area contributed by atoms with Crippen LogP contribution in [0.15, 0.2) is 40.9 Å². The Morgan fingerprint density at radius 1 is 1.30 bits per heavy atom. The molecule has 2 aromatic rings. The van der Waals surface area contributed by atoms with Gasteiger partial charge in [-0.1, -0.05) is 27.5 Å². The fourth-order valence-corrected chi connectivity index (χ4v) is 2.52. The largest absolute Gasteiger partial charge is 0.504 e. The molecule has 0 heterocycles. The summed E-state index contributed by atoms with van der Waals surface area (Å²) >= 11 is 9.17. The van der Waals surface area contributed by atoms with Crippen molar-refractivity contribution in [1.82, 2.24) is 0 Å². The second-order valence-corrected chi connectivity index (χ2v) is 5.35. The Balaban J connectivity index is 2.21. The quantitative estimate of drug-likeness (QED) is 0.871. The standard InChI is InChI=1S/C14H11BrClNO3/c1-20-13-3-2-11(7-12(13)18)17-14(19)8-4-9(15)6-10(16)5-8/h2-7,18H,1H3,(H,17,19). The van der Waals surface area contributed by atoms with E-state index in [4.69, 9.17) is 16.3 Å². The SMILES string of the molecule is COc1ccc(NC(=O)c2cc(Cl)cc(Br)c2)cc1O. The summed E-state index contributed by atoms with van der Waals surface area (Å²) in [7, 11) is 1.46. The van der Waals surface area contributed by atoms with Crippen molar-refractivity contribution in [2.45, 2.75) is 0 Å². The number of halogens is 2. The van der Waals surface area contributed by atoms with Crippen molar-refractivity contribution in [3.8, 4) is 11.5 Å². The zero-order valence-electron chi connectivity index (χ0n) is 10.5. The second-order valence-electron chi connectivity index (χ2n) is 4.00. The topological polar surface area (TPSA) is 58.6 Å². The monoisotopic (exact) mass is 355 g/mol. The van der Waals surface area contributed by atoms with Crippen LogP contribution in [0, 0.1) is 0 Å². The van der Waals surface area contributed by atoms with Crippen molar-refractivity contribution in [1.29, 1.82) is 0 Å². The van der Waals surface area contributed by atoms with E-state index < -0.39 is 0 Å². The molecule has 0 fully saturated rings. The number of benzene rings is 2. The van der Waals surface area contributed by atoms with Crippen LogP contribution in [0.25, 0.3) is 0 Å². The van der Waals surface area contributed by atoms with Crippen LogP contribution in [0.5, 0.6) is 11.5 Å². The van der Waals surface area contributed by atoms with E-state index >= 15 is 0 Å². The lowest BCUT2D eigenvalue weighted by Crippen LogP contribution is -2.11. The van der Waals surface area contributed by atoms with Crippen LogP contribution in [0.3, 0.4) is 0 Å². The Hall–Kier alpha value is -1.72. The van der Waals surface area contributed by atoms with Crippen molar-refractivity contribution >= 4 is 39.1 Å². The van der Waals surface area contributed by atoms with Gasteiger partial charge in [0.2, 0.25) is 0 Å². The number of carbonyl (C=O) groups is 1. The molecule has 104 valence electrons. The van der Waals surface area contributed by atoms with Crippen molar-refractivity contribution in [3.05, 3.63) is 51.5 Å². The van der Waals surface area contributed by atoms with Gasteiger partial charge in [-0.15, -0.1) is 0 Å². The minimum atomic E-state index is -0.322. The first-order valence-electron chi connectivity index (χ1n) is 5.64. The zero-order chi connectivity index (χ0) is 14.7. The maximum Gasteiger partial charge on any atom is 0.255 e. The van der Waals surface area contributed by atoms with E-state index in [1.54, 1.807) is 30.3 Å². The fourth-order valence-electron chi connectivity index (χ4n) is 1.66. The number of rotatable bonds is 3. The summed E-state index contributed by atoms with van der Waals surface area (Å²) in [5.41, 5.74) is 0.879. The van der Waals surface area contributed by atoms with Gasteiger partial charge in [0, 0.05) is 26.8 Å². The lowest BCUT2D eigenvalue weighted by atomic mass is 10.2. The van der Waals surface area contributed by atoms with Gasteiger partial charge in [-0.2, -0.15) is 0 Å². The molecule has 0 aliphatic carbocycles. The minimum Gasteiger partial charge on any atom is -0.504 e. The molecular weight excluding hydrogens is 346 g/mol. The van der Waals surface area contributed by atoms with Crippen molar-refractivity contribution < 1.29 is 14.6 Å². The van der Waals surface area contributed by atoms with Crippen LogP contribution in [0.4, 0.5) is 5.69 Å². The van der Waals surface area contributed by atoms with Crippen LogP contribution >= 0.6 is 27.5 Å². The number of phenolic OH excluding ortho intramolecular Hbond substituents is 1. The molecule has 6 heteroatoms. The Labute approximate surface area is 129 Å².